The van der Waals surface area contributed by atoms with Crippen LogP contribution >= 0.6 is 0 Å². The molecule has 0 saturated heterocycles. The summed E-state index contributed by atoms with van der Waals surface area (Å²) in [7, 11) is 1.98. The molecule has 3 aromatic rings. The molecule has 0 atom stereocenters. The van der Waals surface area contributed by atoms with Gasteiger partial charge in [-0.3, -0.25) is 9.78 Å². The Kier molecular flexibility index (Phi) is 3.96. The van der Waals surface area contributed by atoms with Crippen LogP contribution in [0.15, 0.2) is 23.0 Å². The molecule has 1 amide bonds. The fraction of sp³-hybridized carbons (Fsp3) is 0.333. The van der Waals surface area contributed by atoms with Crippen LogP contribution in [0.4, 0.5) is 0 Å². The number of benzene rings is 1. The van der Waals surface area contributed by atoms with Gasteiger partial charge in [-0.1, -0.05) is 6.07 Å². The van der Waals surface area contributed by atoms with Crippen molar-refractivity contribution in [2.24, 2.45) is 7.05 Å². The fourth-order valence-electron chi connectivity index (χ4n) is 2.42. The van der Waals surface area contributed by atoms with Crippen LogP contribution in [-0.4, -0.2) is 30.6 Å². The highest BCUT2D eigenvalue weighted by atomic mass is 16.2. The van der Waals surface area contributed by atoms with Crippen LogP contribution in [0.5, 0.6) is 0 Å². The Bertz CT molecular complexity index is 904. The van der Waals surface area contributed by atoms with Gasteiger partial charge < -0.3 is 9.88 Å². The minimum Gasteiger partial charge on any atom is -0.352 e. The monoisotopic (exact) mass is 314 g/mol. The van der Waals surface area contributed by atoms with E-state index in [9.17, 15) is 9.59 Å². The standard InChI is InChI=1S/C15H18N6O2/c1-9-17-11-7-10(3-4-12(11)21(9)2)8-16-14(22)6-5-13-18-15(23)20-19-13/h3-4,7H,5-6,8H2,1-2H3,(H,16,22)(H2,18,19,20,23). The Balaban J connectivity index is 1.57. The zero-order valence-electron chi connectivity index (χ0n) is 13.0. The largest absolute Gasteiger partial charge is 0.352 e. The van der Waals surface area contributed by atoms with E-state index in [1.54, 1.807) is 0 Å². The zero-order valence-corrected chi connectivity index (χ0v) is 13.0. The van der Waals surface area contributed by atoms with Gasteiger partial charge in [0, 0.05) is 26.4 Å². The number of aryl methyl sites for hydroxylation is 3. The molecule has 1 aromatic carbocycles. The summed E-state index contributed by atoms with van der Waals surface area (Å²) in [5, 5.41) is 8.90. The second-order valence-electron chi connectivity index (χ2n) is 5.44. The summed E-state index contributed by atoms with van der Waals surface area (Å²) in [6.45, 7) is 2.41. The lowest BCUT2D eigenvalue weighted by Crippen LogP contribution is -2.23. The van der Waals surface area contributed by atoms with Gasteiger partial charge in [0.05, 0.1) is 11.0 Å². The van der Waals surface area contributed by atoms with Crippen molar-refractivity contribution in [2.75, 3.05) is 0 Å². The number of amides is 1. The van der Waals surface area contributed by atoms with Crippen molar-refractivity contribution in [1.82, 2.24) is 30.0 Å². The number of imidazole rings is 1. The van der Waals surface area contributed by atoms with Gasteiger partial charge >= 0.3 is 5.69 Å². The number of nitrogens with zero attached hydrogens (tertiary/aromatic N) is 3. The van der Waals surface area contributed by atoms with Crippen LogP contribution in [0.3, 0.4) is 0 Å². The molecule has 0 radical (unpaired) electrons. The third-order valence-corrected chi connectivity index (χ3v) is 3.80. The van der Waals surface area contributed by atoms with Gasteiger partial charge in [-0.15, -0.1) is 0 Å². The molecular formula is C15H18N6O2. The lowest BCUT2D eigenvalue weighted by Gasteiger charge is -2.05. The summed E-state index contributed by atoms with van der Waals surface area (Å²) in [5.74, 6) is 1.34. The second-order valence-corrected chi connectivity index (χ2v) is 5.44. The maximum Gasteiger partial charge on any atom is 0.340 e. The van der Waals surface area contributed by atoms with Gasteiger partial charge in [0.2, 0.25) is 5.91 Å². The van der Waals surface area contributed by atoms with Crippen molar-refractivity contribution in [3.8, 4) is 0 Å². The van der Waals surface area contributed by atoms with Gasteiger partial charge in [-0.05, 0) is 24.6 Å². The summed E-state index contributed by atoms with van der Waals surface area (Å²) in [6, 6.07) is 5.97. The first-order chi connectivity index (χ1) is 11.0. The van der Waals surface area contributed by atoms with Crippen molar-refractivity contribution < 1.29 is 4.79 Å². The Morgan fingerprint density at radius 3 is 2.96 bits per heavy atom. The van der Waals surface area contributed by atoms with E-state index in [4.69, 9.17) is 0 Å². The first kappa shape index (κ1) is 15.0. The van der Waals surface area contributed by atoms with Crippen molar-refractivity contribution in [3.63, 3.8) is 0 Å². The smallest absolute Gasteiger partial charge is 0.340 e. The Morgan fingerprint density at radius 1 is 1.39 bits per heavy atom. The molecule has 23 heavy (non-hydrogen) atoms. The van der Waals surface area contributed by atoms with E-state index in [1.807, 2.05) is 36.7 Å². The van der Waals surface area contributed by atoms with Gasteiger partial charge in [0.1, 0.15) is 11.6 Å². The molecule has 0 spiro atoms. The van der Waals surface area contributed by atoms with Gasteiger partial charge in [0.25, 0.3) is 0 Å². The topological polar surface area (TPSA) is 108 Å². The third kappa shape index (κ3) is 3.31. The third-order valence-electron chi connectivity index (χ3n) is 3.80. The number of aromatic nitrogens is 5. The van der Waals surface area contributed by atoms with Crippen LogP contribution in [0.25, 0.3) is 11.0 Å². The van der Waals surface area contributed by atoms with Crippen molar-refractivity contribution in [2.45, 2.75) is 26.3 Å². The second kappa shape index (κ2) is 6.07. The molecule has 120 valence electrons. The highest BCUT2D eigenvalue weighted by Gasteiger charge is 2.07. The zero-order chi connectivity index (χ0) is 16.4. The number of hydrogen-bond acceptors (Lipinski definition) is 4. The number of rotatable bonds is 5. The van der Waals surface area contributed by atoms with Gasteiger partial charge in [-0.25, -0.2) is 14.9 Å². The number of hydrogen-bond donors (Lipinski definition) is 3. The van der Waals surface area contributed by atoms with E-state index in [0.29, 0.717) is 18.8 Å². The molecule has 0 aliphatic heterocycles. The van der Waals surface area contributed by atoms with Crippen molar-refractivity contribution >= 4 is 16.9 Å². The summed E-state index contributed by atoms with van der Waals surface area (Å²) >= 11 is 0. The average Bonchev–Trinajstić information content (AvgIpc) is 3.07. The quantitative estimate of drug-likeness (QED) is 0.638. The Hall–Kier alpha value is -2.90. The van der Waals surface area contributed by atoms with E-state index in [2.05, 4.69) is 25.5 Å². The highest BCUT2D eigenvalue weighted by Crippen LogP contribution is 2.16. The van der Waals surface area contributed by atoms with E-state index in [0.717, 1.165) is 22.4 Å². The molecule has 0 unspecified atom stereocenters. The molecule has 0 aliphatic carbocycles. The first-order valence-electron chi connectivity index (χ1n) is 7.35. The van der Waals surface area contributed by atoms with E-state index in [1.165, 1.54) is 0 Å². The SMILES string of the molecule is Cc1nc2cc(CNC(=O)CCc3n[nH]c(=O)[nH]3)ccc2n1C. The van der Waals surface area contributed by atoms with Gasteiger partial charge in [0.15, 0.2) is 0 Å². The number of H-pyrrole nitrogens is 2. The predicted molar refractivity (Wildman–Crippen MR) is 84.8 cm³/mol. The first-order valence-corrected chi connectivity index (χ1v) is 7.35. The van der Waals surface area contributed by atoms with E-state index < -0.39 is 0 Å². The molecule has 8 heteroatoms. The lowest BCUT2D eigenvalue weighted by molar-refractivity contribution is -0.121. The number of carbonyl (C=O) groups excluding carboxylic acids is 1. The molecule has 2 aromatic heterocycles. The predicted octanol–water partition coefficient (Wildman–Crippen LogP) is 0.542. The molecular weight excluding hydrogens is 296 g/mol. The molecule has 0 bridgehead atoms. The summed E-state index contributed by atoms with van der Waals surface area (Å²) in [5.41, 5.74) is 2.63. The molecule has 0 saturated carbocycles. The van der Waals surface area contributed by atoms with Crippen LogP contribution in [-0.2, 0) is 24.8 Å². The van der Waals surface area contributed by atoms with Crippen molar-refractivity contribution in [3.05, 3.63) is 45.9 Å². The van der Waals surface area contributed by atoms with Crippen LogP contribution in [0.1, 0.15) is 23.6 Å². The van der Waals surface area contributed by atoms with Crippen LogP contribution < -0.4 is 11.0 Å². The number of fused-ring (bicyclic) bond motifs is 1. The summed E-state index contributed by atoms with van der Waals surface area (Å²) < 4.78 is 2.03. The number of nitrogens with one attached hydrogen (secondary N) is 3. The van der Waals surface area contributed by atoms with Gasteiger partial charge in [-0.2, -0.15) is 5.10 Å². The average molecular weight is 314 g/mol. The normalized spacial score (nSPS) is 11.0. The van der Waals surface area contributed by atoms with E-state index in [-0.39, 0.29) is 18.0 Å². The molecule has 8 nitrogen and oxygen atoms in total. The molecule has 3 rings (SSSR count). The molecule has 0 aliphatic rings. The highest BCUT2D eigenvalue weighted by molar-refractivity contribution is 5.78. The minimum absolute atomic E-state index is 0.0915. The van der Waals surface area contributed by atoms with Crippen LogP contribution in [0.2, 0.25) is 0 Å². The van der Waals surface area contributed by atoms with E-state index >= 15 is 0 Å². The minimum atomic E-state index is -0.362. The molecule has 2 heterocycles. The molecule has 0 fully saturated rings. The maximum atomic E-state index is 11.9. The Labute approximate surface area is 131 Å². The Morgan fingerprint density at radius 2 is 2.22 bits per heavy atom. The fourth-order valence-corrected chi connectivity index (χ4v) is 2.42. The number of carbonyl (C=O) groups is 1. The number of aromatic amines is 2. The summed E-state index contributed by atoms with van der Waals surface area (Å²) in [6.07, 6.45) is 0.661. The summed E-state index contributed by atoms with van der Waals surface area (Å²) in [4.78, 5) is 29.8. The lowest BCUT2D eigenvalue weighted by atomic mass is 10.2. The maximum absolute atomic E-state index is 11.9. The van der Waals surface area contributed by atoms with Crippen molar-refractivity contribution in [1.29, 1.82) is 0 Å². The van der Waals surface area contributed by atoms with Crippen LogP contribution in [0, 0.1) is 6.92 Å². The molecule has 3 N–H and O–H groups in total.